The van der Waals surface area contributed by atoms with E-state index in [1.54, 1.807) is 12.5 Å². The Kier molecular flexibility index (Phi) is 3.82. The fourth-order valence-corrected chi connectivity index (χ4v) is 2.05. The fourth-order valence-electron chi connectivity index (χ4n) is 2.05. The van der Waals surface area contributed by atoms with Gasteiger partial charge in [0.1, 0.15) is 0 Å². The van der Waals surface area contributed by atoms with E-state index in [1.165, 1.54) is 25.7 Å². The van der Waals surface area contributed by atoms with Gasteiger partial charge in [-0.3, -0.25) is 0 Å². The molecule has 0 aliphatic heterocycles. The number of furan rings is 1. The summed E-state index contributed by atoms with van der Waals surface area (Å²) >= 11 is 0. The highest BCUT2D eigenvalue weighted by Crippen LogP contribution is 2.33. The Hall–Kier alpha value is -0.470. The molecule has 0 unspecified atom stereocenters. The highest BCUT2D eigenvalue weighted by molar-refractivity contribution is 5.85. The molecule has 1 aromatic heterocycles. The van der Waals surface area contributed by atoms with E-state index in [0.717, 1.165) is 5.56 Å². The van der Waals surface area contributed by atoms with E-state index in [-0.39, 0.29) is 18.4 Å². The molecule has 2 N–H and O–H groups in total. The first-order chi connectivity index (χ1) is 5.88. The predicted molar refractivity (Wildman–Crippen MR) is 54.8 cm³/mol. The van der Waals surface area contributed by atoms with Gasteiger partial charge in [-0.1, -0.05) is 12.8 Å². The van der Waals surface area contributed by atoms with Crippen LogP contribution in [0.3, 0.4) is 0 Å². The molecule has 1 heterocycles. The van der Waals surface area contributed by atoms with Crippen molar-refractivity contribution in [1.29, 1.82) is 0 Å². The third-order valence-electron chi connectivity index (χ3n) is 2.84. The van der Waals surface area contributed by atoms with Crippen LogP contribution in [0.5, 0.6) is 0 Å². The van der Waals surface area contributed by atoms with Crippen LogP contribution in [0, 0.1) is 5.92 Å². The maximum Gasteiger partial charge on any atom is 0.0950 e. The van der Waals surface area contributed by atoms with Crippen LogP contribution in [-0.2, 0) is 0 Å². The standard InChI is InChI=1S/C10H15NO.ClH/c11-10(8-3-1-2-4-8)9-5-6-12-7-9;/h5-8,10H,1-4,11H2;1H/t10-;/m1./s1. The van der Waals surface area contributed by atoms with Gasteiger partial charge in [0, 0.05) is 11.6 Å². The van der Waals surface area contributed by atoms with Gasteiger partial charge in [-0.15, -0.1) is 12.4 Å². The molecule has 1 saturated carbocycles. The van der Waals surface area contributed by atoms with Crippen molar-refractivity contribution < 1.29 is 4.42 Å². The zero-order chi connectivity index (χ0) is 8.39. The third-order valence-corrected chi connectivity index (χ3v) is 2.84. The molecule has 2 nitrogen and oxygen atoms in total. The van der Waals surface area contributed by atoms with Crippen LogP contribution in [0.2, 0.25) is 0 Å². The van der Waals surface area contributed by atoms with E-state index < -0.39 is 0 Å². The summed E-state index contributed by atoms with van der Waals surface area (Å²) in [4.78, 5) is 0. The lowest BCUT2D eigenvalue weighted by molar-refractivity contribution is 0.440. The second kappa shape index (κ2) is 4.68. The Morgan fingerprint density at radius 1 is 1.38 bits per heavy atom. The summed E-state index contributed by atoms with van der Waals surface area (Å²) in [6, 6.07) is 2.18. The minimum absolute atomic E-state index is 0. The van der Waals surface area contributed by atoms with Crippen LogP contribution < -0.4 is 5.73 Å². The molecule has 2 rings (SSSR count). The number of hydrogen-bond acceptors (Lipinski definition) is 2. The monoisotopic (exact) mass is 201 g/mol. The molecule has 74 valence electrons. The van der Waals surface area contributed by atoms with Crippen molar-refractivity contribution in [1.82, 2.24) is 0 Å². The molecule has 1 aliphatic rings. The van der Waals surface area contributed by atoms with Crippen LogP contribution in [0.15, 0.2) is 23.0 Å². The van der Waals surface area contributed by atoms with E-state index in [4.69, 9.17) is 10.2 Å². The van der Waals surface area contributed by atoms with Crippen molar-refractivity contribution in [3.8, 4) is 0 Å². The molecular weight excluding hydrogens is 186 g/mol. The van der Waals surface area contributed by atoms with Crippen LogP contribution in [0.25, 0.3) is 0 Å². The number of rotatable bonds is 2. The summed E-state index contributed by atoms with van der Waals surface area (Å²) in [6.45, 7) is 0. The second-order valence-electron chi connectivity index (χ2n) is 3.63. The highest BCUT2D eigenvalue weighted by atomic mass is 35.5. The highest BCUT2D eigenvalue weighted by Gasteiger charge is 2.23. The van der Waals surface area contributed by atoms with Gasteiger partial charge in [0.05, 0.1) is 12.5 Å². The van der Waals surface area contributed by atoms with Crippen molar-refractivity contribution in [3.63, 3.8) is 0 Å². The summed E-state index contributed by atoms with van der Waals surface area (Å²) < 4.78 is 5.02. The third kappa shape index (κ3) is 2.26. The first kappa shape index (κ1) is 10.6. The average Bonchev–Trinajstić information content (AvgIpc) is 2.77. The molecule has 1 atom stereocenters. The van der Waals surface area contributed by atoms with Gasteiger partial charge in [-0.2, -0.15) is 0 Å². The maximum absolute atomic E-state index is 6.08. The normalized spacial score (nSPS) is 19.8. The van der Waals surface area contributed by atoms with Crippen molar-refractivity contribution in [2.24, 2.45) is 11.7 Å². The molecule has 1 aromatic rings. The molecule has 0 bridgehead atoms. The fraction of sp³-hybridized carbons (Fsp3) is 0.600. The molecular formula is C10H16ClNO. The molecule has 0 aromatic carbocycles. The topological polar surface area (TPSA) is 39.2 Å². The van der Waals surface area contributed by atoms with E-state index in [2.05, 4.69) is 0 Å². The summed E-state index contributed by atoms with van der Waals surface area (Å²) in [5.41, 5.74) is 7.24. The van der Waals surface area contributed by atoms with Crippen molar-refractivity contribution >= 4 is 12.4 Å². The molecule has 1 fully saturated rings. The molecule has 0 radical (unpaired) electrons. The van der Waals surface area contributed by atoms with Gasteiger partial charge in [-0.25, -0.2) is 0 Å². The minimum Gasteiger partial charge on any atom is -0.472 e. The van der Waals surface area contributed by atoms with Crippen molar-refractivity contribution in [2.75, 3.05) is 0 Å². The summed E-state index contributed by atoms with van der Waals surface area (Å²) in [6.07, 6.45) is 8.72. The zero-order valence-corrected chi connectivity index (χ0v) is 8.43. The van der Waals surface area contributed by atoms with E-state index >= 15 is 0 Å². The van der Waals surface area contributed by atoms with Gasteiger partial charge in [0.25, 0.3) is 0 Å². The molecule has 1 aliphatic carbocycles. The molecule has 3 heteroatoms. The summed E-state index contributed by atoms with van der Waals surface area (Å²) in [5, 5.41) is 0. The molecule has 0 amide bonds. The van der Waals surface area contributed by atoms with E-state index in [0.29, 0.717) is 5.92 Å². The Bertz CT molecular complexity index is 229. The van der Waals surface area contributed by atoms with Crippen LogP contribution in [-0.4, -0.2) is 0 Å². The first-order valence-corrected chi connectivity index (χ1v) is 4.65. The largest absolute Gasteiger partial charge is 0.472 e. The number of nitrogens with two attached hydrogens (primary N) is 1. The van der Waals surface area contributed by atoms with Gasteiger partial charge >= 0.3 is 0 Å². The van der Waals surface area contributed by atoms with Gasteiger partial charge in [0.2, 0.25) is 0 Å². The second-order valence-corrected chi connectivity index (χ2v) is 3.63. The smallest absolute Gasteiger partial charge is 0.0950 e. The van der Waals surface area contributed by atoms with Gasteiger partial charge in [-0.05, 0) is 24.8 Å². The van der Waals surface area contributed by atoms with Crippen molar-refractivity contribution in [2.45, 2.75) is 31.7 Å². The van der Waals surface area contributed by atoms with E-state index in [9.17, 15) is 0 Å². The van der Waals surface area contributed by atoms with Gasteiger partial charge < -0.3 is 10.2 Å². The summed E-state index contributed by atoms with van der Waals surface area (Å²) in [5.74, 6) is 0.683. The lowest BCUT2D eigenvalue weighted by Crippen LogP contribution is -2.18. The van der Waals surface area contributed by atoms with Crippen LogP contribution in [0.4, 0.5) is 0 Å². The Balaban J connectivity index is 0.000000845. The number of hydrogen-bond donors (Lipinski definition) is 1. The Morgan fingerprint density at radius 3 is 2.62 bits per heavy atom. The van der Waals surface area contributed by atoms with Crippen LogP contribution in [0.1, 0.15) is 37.3 Å². The van der Waals surface area contributed by atoms with Crippen molar-refractivity contribution in [3.05, 3.63) is 24.2 Å². The van der Waals surface area contributed by atoms with Gasteiger partial charge in [0.15, 0.2) is 0 Å². The predicted octanol–water partition coefficient (Wildman–Crippen LogP) is 2.89. The summed E-state index contributed by atoms with van der Waals surface area (Å²) in [7, 11) is 0. The zero-order valence-electron chi connectivity index (χ0n) is 7.61. The van der Waals surface area contributed by atoms with Crippen LogP contribution >= 0.6 is 12.4 Å². The Morgan fingerprint density at radius 2 is 2.08 bits per heavy atom. The average molecular weight is 202 g/mol. The maximum atomic E-state index is 6.08. The van der Waals surface area contributed by atoms with E-state index in [1.807, 2.05) is 6.07 Å². The molecule has 13 heavy (non-hydrogen) atoms. The first-order valence-electron chi connectivity index (χ1n) is 4.65. The quantitative estimate of drug-likeness (QED) is 0.799. The Labute approximate surface area is 84.9 Å². The lowest BCUT2D eigenvalue weighted by atomic mass is 9.94. The SMILES string of the molecule is Cl.N[C@@H](c1ccoc1)C1CCCC1. The number of halogens is 1. The minimum atomic E-state index is 0. The lowest BCUT2D eigenvalue weighted by Gasteiger charge is -2.16. The molecule has 0 saturated heterocycles. The molecule has 0 spiro atoms.